The lowest BCUT2D eigenvalue weighted by atomic mass is 9.75. The molecule has 0 amide bonds. The normalized spacial score (nSPS) is 21.5. The maximum Gasteiger partial charge on any atom is 0.319 e. The number of anilines is 1. The third kappa shape index (κ3) is 4.43. The van der Waals surface area contributed by atoms with E-state index < -0.39 is 5.82 Å². The van der Waals surface area contributed by atoms with Crippen LogP contribution < -0.4 is 10.1 Å². The maximum atomic E-state index is 16.4. The summed E-state index contributed by atoms with van der Waals surface area (Å²) in [6, 6.07) is 5.88. The number of likely N-dealkylation sites (N-methyl/N-ethyl adjacent to an activating group) is 1. The van der Waals surface area contributed by atoms with Crippen LogP contribution in [0.15, 0.2) is 24.4 Å². The van der Waals surface area contributed by atoms with Gasteiger partial charge in [0.25, 0.3) is 0 Å². The van der Waals surface area contributed by atoms with Crippen molar-refractivity contribution in [1.29, 1.82) is 0 Å². The topological polar surface area (TPSA) is 66.4 Å². The number of aromatic nitrogens is 3. The third-order valence-corrected chi connectivity index (χ3v) is 10.4. The predicted molar refractivity (Wildman–Crippen MR) is 157 cm³/mol. The van der Waals surface area contributed by atoms with Gasteiger partial charge in [0.2, 0.25) is 0 Å². The van der Waals surface area contributed by atoms with Gasteiger partial charge in [0, 0.05) is 28.9 Å². The van der Waals surface area contributed by atoms with Gasteiger partial charge in [-0.25, -0.2) is 4.39 Å². The van der Waals surface area contributed by atoms with Crippen molar-refractivity contribution in [3.05, 3.63) is 40.8 Å². The van der Waals surface area contributed by atoms with Crippen LogP contribution in [0.5, 0.6) is 6.01 Å². The van der Waals surface area contributed by atoms with Crippen LogP contribution in [0.4, 0.5) is 10.2 Å². The molecule has 0 unspecified atom stereocenters. The molecule has 2 aromatic heterocycles. The lowest BCUT2D eigenvalue weighted by Crippen LogP contribution is -2.54. The van der Waals surface area contributed by atoms with Crippen molar-refractivity contribution in [2.75, 3.05) is 45.7 Å². The molecule has 0 atom stereocenters. The van der Waals surface area contributed by atoms with Crippen LogP contribution in [0.25, 0.3) is 22.2 Å². The Bertz CT molecular complexity index is 1430. The fraction of sp³-hybridized carbons (Fsp3) is 0.581. The van der Waals surface area contributed by atoms with Gasteiger partial charge in [-0.3, -0.25) is 9.88 Å². The average Bonchev–Trinajstić information content (AvgIpc) is 3.54. The summed E-state index contributed by atoms with van der Waals surface area (Å²) in [4.78, 5) is 18.9. The summed E-state index contributed by atoms with van der Waals surface area (Å²) >= 11 is 6.60. The molecule has 7 nitrogen and oxygen atoms in total. The van der Waals surface area contributed by atoms with Crippen LogP contribution in [-0.4, -0.2) is 76.2 Å². The highest BCUT2D eigenvalue weighted by Crippen LogP contribution is 2.48. The summed E-state index contributed by atoms with van der Waals surface area (Å²) in [5.74, 6) is 0.475. The predicted octanol–water partition coefficient (Wildman–Crippen LogP) is 6.27. The number of ether oxygens (including phenoxy) is 1. The minimum atomic E-state index is -0.454. The third-order valence-electron chi connectivity index (χ3n) is 10.1. The van der Waals surface area contributed by atoms with Crippen molar-refractivity contribution in [2.45, 2.75) is 74.8 Å². The quantitative estimate of drug-likeness (QED) is 0.329. The molecule has 1 aromatic carbocycles. The maximum absolute atomic E-state index is 16.4. The molecule has 0 spiro atoms. The second-order valence-corrected chi connectivity index (χ2v) is 13.0. The number of fused-ring (bicyclic) bond motifs is 2. The van der Waals surface area contributed by atoms with Crippen LogP contribution in [0.1, 0.15) is 69.3 Å². The average molecular weight is 565 g/mol. The highest BCUT2D eigenvalue weighted by molar-refractivity contribution is 6.31. The van der Waals surface area contributed by atoms with E-state index in [0.717, 1.165) is 62.7 Å². The molecule has 1 N–H and O–H groups in total. The van der Waals surface area contributed by atoms with Crippen molar-refractivity contribution in [3.8, 4) is 17.3 Å². The fourth-order valence-corrected chi connectivity index (χ4v) is 7.56. The van der Waals surface area contributed by atoms with Gasteiger partial charge in [-0.2, -0.15) is 9.97 Å². The first-order chi connectivity index (χ1) is 19.4. The molecule has 40 heavy (non-hydrogen) atoms. The molecule has 4 fully saturated rings. The number of hydrogen-bond acceptors (Lipinski definition) is 7. The summed E-state index contributed by atoms with van der Waals surface area (Å²) in [7, 11) is 4.25. The van der Waals surface area contributed by atoms with Gasteiger partial charge >= 0.3 is 6.01 Å². The van der Waals surface area contributed by atoms with Gasteiger partial charge in [-0.15, -0.1) is 0 Å². The molecular weight excluding hydrogens is 527 g/mol. The van der Waals surface area contributed by atoms with Crippen molar-refractivity contribution in [2.24, 2.45) is 0 Å². The van der Waals surface area contributed by atoms with E-state index in [-0.39, 0.29) is 28.3 Å². The van der Waals surface area contributed by atoms with E-state index in [1.807, 2.05) is 18.2 Å². The number of rotatable bonds is 9. The molecule has 3 aromatic rings. The summed E-state index contributed by atoms with van der Waals surface area (Å²) in [5, 5.41) is 4.79. The van der Waals surface area contributed by atoms with Gasteiger partial charge in [0.05, 0.1) is 10.9 Å². The molecule has 0 radical (unpaired) electrons. The first-order valence-electron chi connectivity index (χ1n) is 14.8. The van der Waals surface area contributed by atoms with E-state index in [1.54, 1.807) is 6.20 Å². The summed E-state index contributed by atoms with van der Waals surface area (Å²) < 4.78 is 22.8. The van der Waals surface area contributed by atoms with Crippen molar-refractivity contribution in [3.63, 3.8) is 0 Å². The highest BCUT2D eigenvalue weighted by atomic mass is 35.5. The van der Waals surface area contributed by atoms with E-state index in [0.29, 0.717) is 35.3 Å². The molecule has 2 aliphatic carbocycles. The summed E-state index contributed by atoms with van der Waals surface area (Å²) in [6.07, 6.45) is 11.9. The fourth-order valence-electron chi connectivity index (χ4n) is 7.23. The minimum absolute atomic E-state index is 0.0503. The Labute approximate surface area is 240 Å². The second kappa shape index (κ2) is 10.1. The van der Waals surface area contributed by atoms with Crippen LogP contribution >= 0.6 is 11.6 Å². The van der Waals surface area contributed by atoms with E-state index >= 15 is 4.39 Å². The standard InChI is InChI=1S/C31H38ClFN6O/c1-38(2)30(11-4-12-30)18-35-28-22-17-34-26(21-7-3-8-23(32)24(21)20-9-10-20)25(33)27(22)36-29(37-28)40-19-31-13-5-15-39(31)16-6-14-31/h3,7-8,17,20H,4-6,9-16,18-19H2,1-2H3,(H,35,36,37). The first-order valence-corrected chi connectivity index (χ1v) is 15.2. The largest absolute Gasteiger partial charge is 0.461 e. The van der Waals surface area contributed by atoms with Crippen LogP contribution in [0.2, 0.25) is 5.02 Å². The van der Waals surface area contributed by atoms with Crippen molar-refractivity contribution in [1.82, 2.24) is 24.8 Å². The smallest absolute Gasteiger partial charge is 0.319 e. The van der Waals surface area contributed by atoms with Gasteiger partial charge in [0.15, 0.2) is 5.82 Å². The lowest BCUT2D eigenvalue weighted by Gasteiger charge is -2.47. The summed E-state index contributed by atoms with van der Waals surface area (Å²) in [6.45, 7) is 3.48. The molecule has 9 heteroatoms. The Morgan fingerprint density at radius 2 is 1.88 bits per heavy atom. The molecular formula is C31H38ClFN6O. The van der Waals surface area contributed by atoms with Gasteiger partial charge in [0.1, 0.15) is 23.6 Å². The lowest BCUT2D eigenvalue weighted by molar-refractivity contribution is 0.0738. The monoisotopic (exact) mass is 564 g/mol. The second-order valence-electron chi connectivity index (χ2n) is 12.5. The molecule has 0 bridgehead atoms. The number of hydrogen-bond donors (Lipinski definition) is 1. The number of benzene rings is 1. The molecule has 2 aliphatic heterocycles. The van der Waals surface area contributed by atoms with Gasteiger partial charge < -0.3 is 15.0 Å². The molecule has 2 saturated heterocycles. The van der Waals surface area contributed by atoms with Gasteiger partial charge in [-0.05, 0) is 103 Å². The molecule has 7 rings (SSSR count). The van der Waals surface area contributed by atoms with E-state index in [2.05, 4.69) is 39.2 Å². The molecule has 4 aliphatic rings. The Balaban J connectivity index is 1.28. The number of pyridine rings is 1. The molecule has 212 valence electrons. The zero-order valence-electron chi connectivity index (χ0n) is 23.5. The van der Waals surface area contributed by atoms with E-state index in [4.69, 9.17) is 21.3 Å². The van der Waals surface area contributed by atoms with Crippen LogP contribution in [0.3, 0.4) is 0 Å². The SMILES string of the molecule is CN(C)C1(CNc2nc(OCC34CCCN3CCC4)nc3c(F)c(-c4cccc(Cl)c4C4CC4)ncc23)CCC1. The molecule has 4 heterocycles. The minimum Gasteiger partial charge on any atom is -0.461 e. The number of nitrogens with one attached hydrogen (secondary N) is 1. The zero-order valence-corrected chi connectivity index (χ0v) is 24.2. The van der Waals surface area contributed by atoms with E-state index in [1.165, 1.54) is 19.3 Å². The highest BCUT2D eigenvalue weighted by Gasteiger charge is 2.45. The number of halogens is 2. The van der Waals surface area contributed by atoms with Crippen LogP contribution in [-0.2, 0) is 0 Å². The Morgan fingerprint density at radius 1 is 1.10 bits per heavy atom. The molecule has 2 saturated carbocycles. The Morgan fingerprint density at radius 3 is 2.55 bits per heavy atom. The van der Waals surface area contributed by atoms with Crippen LogP contribution in [0, 0.1) is 5.82 Å². The van der Waals surface area contributed by atoms with Crippen molar-refractivity contribution >= 4 is 28.3 Å². The number of nitrogens with zero attached hydrogens (tertiary/aromatic N) is 5. The summed E-state index contributed by atoms with van der Waals surface area (Å²) in [5.41, 5.74) is 2.37. The first kappa shape index (κ1) is 26.4. The van der Waals surface area contributed by atoms with Crippen molar-refractivity contribution < 1.29 is 9.13 Å². The zero-order chi connectivity index (χ0) is 27.5. The van der Waals surface area contributed by atoms with Gasteiger partial charge in [-0.1, -0.05) is 23.7 Å². The Kier molecular flexibility index (Phi) is 6.63. The Hall–Kier alpha value is -2.55. The van der Waals surface area contributed by atoms with E-state index in [9.17, 15) is 0 Å².